The second kappa shape index (κ2) is 5.10. The van der Waals surface area contributed by atoms with Gasteiger partial charge in [0, 0.05) is 19.4 Å². The molecule has 0 aliphatic carbocycles. The summed E-state index contributed by atoms with van der Waals surface area (Å²) in [7, 11) is -3.15. The zero-order valence-corrected chi connectivity index (χ0v) is 7.75. The van der Waals surface area contributed by atoms with E-state index in [-0.39, 0.29) is 19.0 Å². The smallest absolute Gasteiger partial charge is 0.210 e. The highest BCUT2D eigenvalue weighted by Crippen LogP contribution is 1.91. The molecule has 0 saturated heterocycles. The molecule has 0 spiro atoms. The molecule has 6 heteroatoms. The maximum absolute atomic E-state index is 10.7. The average molecular weight is 195 g/mol. The van der Waals surface area contributed by atoms with E-state index in [1.807, 2.05) is 0 Å². The molecule has 0 aliphatic rings. The molecule has 72 valence electrons. The number of rotatable bonds is 6. The number of nitrogens with zero attached hydrogens (tertiary/aromatic N) is 1. The minimum absolute atomic E-state index is 0.0475. The number of carbonyl (C=O) groups is 1. The van der Waals surface area contributed by atoms with Crippen LogP contribution in [0.5, 0.6) is 0 Å². The highest BCUT2D eigenvalue weighted by molar-refractivity contribution is 7.90. The van der Waals surface area contributed by atoms with E-state index in [0.29, 0.717) is 12.8 Å². The lowest BCUT2D eigenvalue weighted by atomic mass is 10.4. The third-order valence-corrected chi connectivity index (χ3v) is 1.95. The predicted octanol–water partition coefficient (Wildman–Crippen LogP) is -1.17. The molecule has 1 N–H and O–H groups in total. The Bertz CT molecular complexity index is 224. The Kier molecular flexibility index (Phi) is 4.84. The fourth-order valence-corrected chi connectivity index (χ4v) is 1.52. The SMILES string of the molecule is CS(=O)(=O)CN(C=O)CCCO. The molecule has 12 heavy (non-hydrogen) atoms. The van der Waals surface area contributed by atoms with Gasteiger partial charge in [0.2, 0.25) is 6.41 Å². The van der Waals surface area contributed by atoms with Gasteiger partial charge in [-0.15, -0.1) is 0 Å². The summed E-state index contributed by atoms with van der Waals surface area (Å²) in [6, 6.07) is 0. The number of amides is 1. The van der Waals surface area contributed by atoms with Crippen LogP contribution in [0.2, 0.25) is 0 Å². The van der Waals surface area contributed by atoms with Crippen LogP contribution >= 0.6 is 0 Å². The largest absolute Gasteiger partial charge is 0.396 e. The van der Waals surface area contributed by atoms with Crippen LogP contribution in [0.4, 0.5) is 0 Å². The molecule has 0 rings (SSSR count). The molecule has 0 heterocycles. The number of aliphatic hydroxyl groups excluding tert-OH is 1. The number of hydrogen-bond donors (Lipinski definition) is 1. The van der Waals surface area contributed by atoms with Gasteiger partial charge in [0.05, 0.1) is 0 Å². The fraction of sp³-hybridized carbons (Fsp3) is 0.833. The maximum atomic E-state index is 10.7. The first kappa shape index (κ1) is 11.4. The Morgan fingerprint density at radius 2 is 2.08 bits per heavy atom. The normalized spacial score (nSPS) is 11.2. The Morgan fingerprint density at radius 1 is 1.50 bits per heavy atom. The van der Waals surface area contributed by atoms with Crippen molar-refractivity contribution in [3.63, 3.8) is 0 Å². The van der Waals surface area contributed by atoms with Crippen molar-refractivity contribution in [2.24, 2.45) is 0 Å². The molecule has 0 fully saturated rings. The molecule has 5 nitrogen and oxygen atoms in total. The summed E-state index contributed by atoms with van der Waals surface area (Å²) in [6.45, 7) is 0.223. The minimum Gasteiger partial charge on any atom is -0.396 e. The van der Waals surface area contributed by atoms with Crippen LogP contribution in [0.1, 0.15) is 6.42 Å². The molecule has 0 bridgehead atoms. The first-order valence-corrected chi connectivity index (χ1v) is 5.53. The van der Waals surface area contributed by atoms with Gasteiger partial charge in [-0.25, -0.2) is 8.42 Å². The zero-order chi connectivity index (χ0) is 9.61. The molecule has 1 amide bonds. The van der Waals surface area contributed by atoms with Crippen molar-refractivity contribution in [3.05, 3.63) is 0 Å². The second-order valence-electron chi connectivity index (χ2n) is 2.55. The lowest BCUT2D eigenvalue weighted by Crippen LogP contribution is -2.29. The van der Waals surface area contributed by atoms with Gasteiger partial charge in [-0.05, 0) is 6.42 Å². The molecule has 0 radical (unpaired) electrons. The summed E-state index contributed by atoms with van der Waals surface area (Å²) in [5.74, 6) is -0.281. The quantitative estimate of drug-likeness (QED) is 0.542. The number of sulfone groups is 1. The molecule has 0 saturated carbocycles. The van der Waals surface area contributed by atoms with Crippen molar-refractivity contribution in [3.8, 4) is 0 Å². The van der Waals surface area contributed by atoms with Gasteiger partial charge in [-0.1, -0.05) is 0 Å². The Morgan fingerprint density at radius 3 is 2.42 bits per heavy atom. The van der Waals surface area contributed by atoms with Gasteiger partial charge in [0.15, 0.2) is 9.84 Å². The number of carbonyl (C=O) groups excluding carboxylic acids is 1. The first-order valence-electron chi connectivity index (χ1n) is 3.47. The first-order chi connectivity index (χ1) is 5.49. The maximum Gasteiger partial charge on any atom is 0.210 e. The van der Waals surface area contributed by atoms with Crippen molar-refractivity contribution >= 4 is 16.2 Å². The third-order valence-electron chi connectivity index (χ3n) is 1.15. The Hall–Kier alpha value is -0.620. The molecule has 0 aromatic heterocycles. The minimum atomic E-state index is -3.15. The zero-order valence-electron chi connectivity index (χ0n) is 6.93. The van der Waals surface area contributed by atoms with E-state index in [1.54, 1.807) is 0 Å². The fourth-order valence-electron chi connectivity index (χ4n) is 0.723. The van der Waals surface area contributed by atoms with Crippen molar-refractivity contribution < 1.29 is 18.3 Å². The van der Waals surface area contributed by atoms with E-state index >= 15 is 0 Å². The highest BCUT2D eigenvalue weighted by atomic mass is 32.2. The van der Waals surface area contributed by atoms with Crippen molar-refractivity contribution in [2.45, 2.75) is 6.42 Å². The van der Waals surface area contributed by atoms with Crippen LogP contribution in [0, 0.1) is 0 Å². The van der Waals surface area contributed by atoms with Crippen molar-refractivity contribution in [1.29, 1.82) is 0 Å². The van der Waals surface area contributed by atoms with Crippen LogP contribution in [-0.4, -0.2) is 50.1 Å². The molecule has 0 atom stereocenters. The molecular weight excluding hydrogens is 182 g/mol. The molecule has 0 aromatic carbocycles. The van der Waals surface area contributed by atoms with Crippen LogP contribution in [0.15, 0.2) is 0 Å². The Balaban J connectivity index is 3.92. The molecule has 0 aromatic rings. The molecule has 0 unspecified atom stereocenters. The van der Waals surface area contributed by atoms with Crippen molar-refractivity contribution in [1.82, 2.24) is 4.90 Å². The summed E-state index contributed by atoms with van der Waals surface area (Å²) in [4.78, 5) is 11.4. The summed E-state index contributed by atoms with van der Waals surface area (Å²) in [5.41, 5.74) is 0. The van der Waals surface area contributed by atoms with Crippen LogP contribution in [-0.2, 0) is 14.6 Å². The number of aliphatic hydroxyl groups is 1. The summed E-state index contributed by atoms with van der Waals surface area (Å²) >= 11 is 0. The van der Waals surface area contributed by atoms with E-state index in [2.05, 4.69) is 0 Å². The molecule has 0 aliphatic heterocycles. The van der Waals surface area contributed by atoms with E-state index < -0.39 is 9.84 Å². The summed E-state index contributed by atoms with van der Waals surface area (Å²) in [6.07, 6.45) is 1.92. The summed E-state index contributed by atoms with van der Waals surface area (Å²) in [5, 5.41) is 8.42. The van der Waals surface area contributed by atoms with Gasteiger partial charge in [-0.3, -0.25) is 4.79 Å². The van der Waals surface area contributed by atoms with E-state index in [0.717, 1.165) is 11.2 Å². The van der Waals surface area contributed by atoms with E-state index in [9.17, 15) is 13.2 Å². The van der Waals surface area contributed by atoms with Gasteiger partial charge in [-0.2, -0.15) is 0 Å². The van der Waals surface area contributed by atoms with Crippen LogP contribution in [0.25, 0.3) is 0 Å². The molecular formula is C6H13NO4S. The van der Waals surface area contributed by atoms with Crippen molar-refractivity contribution in [2.75, 3.05) is 25.3 Å². The topological polar surface area (TPSA) is 74.7 Å². The van der Waals surface area contributed by atoms with Gasteiger partial charge >= 0.3 is 0 Å². The predicted molar refractivity (Wildman–Crippen MR) is 44.2 cm³/mol. The monoisotopic (exact) mass is 195 g/mol. The second-order valence-corrected chi connectivity index (χ2v) is 4.66. The lowest BCUT2D eigenvalue weighted by Gasteiger charge is -2.14. The average Bonchev–Trinajstić information content (AvgIpc) is 1.95. The standard InChI is InChI=1S/C6H13NO4S/c1-12(10,11)6-7(5-9)3-2-4-8/h5,8H,2-4,6H2,1H3. The Labute approximate surface area is 71.9 Å². The van der Waals surface area contributed by atoms with E-state index in [1.165, 1.54) is 0 Å². The van der Waals surface area contributed by atoms with Gasteiger partial charge < -0.3 is 10.0 Å². The van der Waals surface area contributed by atoms with Gasteiger partial charge in [0.1, 0.15) is 5.88 Å². The van der Waals surface area contributed by atoms with Gasteiger partial charge in [0.25, 0.3) is 0 Å². The summed E-state index contributed by atoms with van der Waals surface area (Å²) < 4.78 is 21.4. The number of hydrogen-bond acceptors (Lipinski definition) is 4. The highest BCUT2D eigenvalue weighted by Gasteiger charge is 2.08. The van der Waals surface area contributed by atoms with E-state index in [4.69, 9.17) is 5.11 Å². The third kappa shape index (κ3) is 6.11. The van der Waals surface area contributed by atoms with Crippen LogP contribution in [0.3, 0.4) is 0 Å². The lowest BCUT2D eigenvalue weighted by molar-refractivity contribution is -0.117. The van der Waals surface area contributed by atoms with Crippen LogP contribution < -0.4 is 0 Å².